The van der Waals surface area contributed by atoms with Crippen LogP contribution in [-0.4, -0.2) is 39.5 Å². The Labute approximate surface area is 169 Å². The Morgan fingerprint density at radius 2 is 1.86 bits per heavy atom. The molecule has 3 rings (SSSR count). The number of benzene rings is 2. The molecule has 29 heavy (non-hydrogen) atoms. The predicted octanol–water partition coefficient (Wildman–Crippen LogP) is 3.01. The summed E-state index contributed by atoms with van der Waals surface area (Å²) in [4.78, 5) is 24.2. The highest BCUT2D eigenvalue weighted by molar-refractivity contribution is 5.97. The molecule has 0 aliphatic carbocycles. The van der Waals surface area contributed by atoms with Crippen LogP contribution >= 0.6 is 0 Å². The molecule has 0 fully saturated rings. The van der Waals surface area contributed by atoms with Crippen molar-refractivity contribution in [1.29, 1.82) is 0 Å². The van der Waals surface area contributed by atoms with Gasteiger partial charge in [0.05, 0.1) is 12.1 Å². The average Bonchev–Trinajstić information content (AvgIpc) is 3.06. The van der Waals surface area contributed by atoms with Crippen LogP contribution in [0.25, 0.3) is 11.0 Å². The molecule has 0 radical (unpaired) electrons. The molecule has 152 valence electrons. The highest BCUT2D eigenvalue weighted by Gasteiger charge is 2.11. The van der Waals surface area contributed by atoms with Gasteiger partial charge in [-0.3, -0.25) is 4.79 Å². The Bertz CT molecular complexity index is 1040. The number of carbonyl (C=O) groups excluding carboxylic acids is 2. The second-order valence-electron chi connectivity index (χ2n) is 7.32. The van der Waals surface area contributed by atoms with E-state index >= 15 is 0 Å². The quantitative estimate of drug-likeness (QED) is 0.598. The van der Waals surface area contributed by atoms with Gasteiger partial charge in [0, 0.05) is 23.8 Å². The number of aromatic nitrogens is 3. The first-order valence-corrected chi connectivity index (χ1v) is 9.59. The Kier molecular flexibility index (Phi) is 6.11. The maximum absolute atomic E-state index is 12.1. The summed E-state index contributed by atoms with van der Waals surface area (Å²) < 4.78 is 1.70. The molecule has 8 nitrogen and oxygen atoms in total. The number of nitrogens with zero attached hydrogens (tertiary/aromatic N) is 3. The Hall–Kier alpha value is -3.42. The molecule has 2 aromatic carbocycles. The number of aryl methyl sites for hydroxylation is 2. The van der Waals surface area contributed by atoms with E-state index in [1.54, 1.807) is 16.8 Å². The van der Waals surface area contributed by atoms with Gasteiger partial charge in [-0.25, -0.2) is 9.48 Å². The van der Waals surface area contributed by atoms with Crippen molar-refractivity contribution in [2.24, 2.45) is 0 Å². The second-order valence-corrected chi connectivity index (χ2v) is 7.32. The molecule has 8 heteroatoms. The minimum atomic E-state index is -0.273. The van der Waals surface area contributed by atoms with Crippen molar-refractivity contribution >= 4 is 28.7 Å². The third-order valence-electron chi connectivity index (χ3n) is 4.57. The molecule has 0 spiro atoms. The lowest BCUT2D eigenvalue weighted by Crippen LogP contribution is -2.31. The van der Waals surface area contributed by atoms with E-state index in [4.69, 9.17) is 0 Å². The first-order chi connectivity index (χ1) is 13.8. The highest BCUT2D eigenvalue weighted by atomic mass is 16.2. The Morgan fingerprint density at radius 3 is 2.59 bits per heavy atom. The Morgan fingerprint density at radius 1 is 1.07 bits per heavy atom. The van der Waals surface area contributed by atoms with Gasteiger partial charge in [0.25, 0.3) is 5.91 Å². The first-order valence-electron chi connectivity index (χ1n) is 9.59. The standard InChI is InChI=1S/C21H26N6O2/c1-13(2)23-20(28)16-6-8-19-18(12-16)25-26-27(19)10-9-22-21(29)24-17-7-5-14(3)15(4)11-17/h5-8,11-13H,9-10H2,1-4H3,(H,23,28)(H2,22,24,29). The lowest BCUT2D eigenvalue weighted by atomic mass is 10.1. The number of fused-ring (bicyclic) bond motifs is 1. The van der Waals surface area contributed by atoms with Crippen LogP contribution in [0.2, 0.25) is 0 Å². The molecule has 1 heterocycles. The smallest absolute Gasteiger partial charge is 0.319 e. The van der Waals surface area contributed by atoms with Crippen molar-refractivity contribution in [2.75, 3.05) is 11.9 Å². The van der Waals surface area contributed by atoms with Crippen molar-refractivity contribution < 1.29 is 9.59 Å². The molecular formula is C21H26N6O2. The van der Waals surface area contributed by atoms with Crippen molar-refractivity contribution in [2.45, 2.75) is 40.3 Å². The van der Waals surface area contributed by atoms with Crippen molar-refractivity contribution in [1.82, 2.24) is 25.6 Å². The van der Waals surface area contributed by atoms with Crippen molar-refractivity contribution in [3.8, 4) is 0 Å². The number of nitrogens with one attached hydrogen (secondary N) is 3. The van der Waals surface area contributed by atoms with Gasteiger partial charge in [0.15, 0.2) is 0 Å². The molecule has 0 atom stereocenters. The lowest BCUT2D eigenvalue weighted by Gasteiger charge is -2.10. The summed E-state index contributed by atoms with van der Waals surface area (Å²) >= 11 is 0. The van der Waals surface area contributed by atoms with E-state index in [9.17, 15) is 9.59 Å². The van der Waals surface area contributed by atoms with Crippen LogP contribution in [0.5, 0.6) is 0 Å². The fourth-order valence-corrected chi connectivity index (χ4v) is 2.89. The molecular weight excluding hydrogens is 368 g/mol. The third-order valence-corrected chi connectivity index (χ3v) is 4.57. The molecule has 0 aliphatic heterocycles. The summed E-state index contributed by atoms with van der Waals surface area (Å²) in [6.07, 6.45) is 0. The molecule has 0 aliphatic rings. The zero-order valence-corrected chi connectivity index (χ0v) is 17.1. The largest absolute Gasteiger partial charge is 0.350 e. The number of urea groups is 1. The number of carbonyl (C=O) groups is 2. The minimum absolute atomic E-state index is 0.0647. The van der Waals surface area contributed by atoms with Crippen LogP contribution in [0.15, 0.2) is 36.4 Å². The zero-order chi connectivity index (χ0) is 21.0. The molecule has 3 aromatic rings. The van der Waals surface area contributed by atoms with Gasteiger partial charge in [0.1, 0.15) is 5.52 Å². The molecule has 0 saturated carbocycles. The lowest BCUT2D eigenvalue weighted by molar-refractivity contribution is 0.0943. The minimum Gasteiger partial charge on any atom is -0.350 e. The normalized spacial score (nSPS) is 10.9. The number of hydrogen-bond acceptors (Lipinski definition) is 4. The summed E-state index contributed by atoms with van der Waals surface area (Å²) in [5.41, 5.74) is 5.05. The summed E-state index contributed by atoms with van der Waals surface area (Å²) in [5.74, 6) is -0.138. The van der Waals surface area contributed by atoms with Crippen LogP contribution in [-0.2, 0) is 6.54 Å². The zero-order valence-electron chi connectivity index (χ0n) is 17.1. The second kappa shape index (κ2) is 8.72. The van der Waals surface area contributed by atoms with E-state index in [1.807, 2.05) is 52.0 Å². The van der Waals surface area contributed by atoms with Gasteiger partial charge in [-0.15, -0.1) is 5.10 Å². The van der Waals surface area contributed by atoms with Crippen LogP contribution < -0.4 is 16.0 Å². The highest BCUT2D eigenvalue weighted by Crippen LogP contribution is 2.15. The van der Waals surface area contributed by atoms with E-state index in [0.29, 0.717) is 24.2 Å². The van der Waals surface area contributed by atoms with Gasteiger partial charge in [0.2, 0.25) is 0 Å². The van der Waals surface area contributed by atoms with Crippen LogP contribution in [0, 0.1) is 13.8 Å². The average molecular weight is 394 g/mol. The monoisotopic (exact) mass is 394 g/mol. The summed E-state index contributed by atoms with van der Waals surface area (Å²) in [5, 5.41) is 16.7. The first kappa shape index (κ1) is 20.3. The maximum atomic E-state index is 12.1. The van der Waals surface area contributed by atoms with E-state index in [0.717, 1.165) is 16.8 Å². The molecule has 0 bridgehead atoms. The maximum Gasteiger partial charge on any atom is 0.319 e. The fourth-order valence-electron chi connectivity index (χ4n) is 2.89. The summed E-state index contributed by atoms with van der Waals surface area (Å²) in [6.45, 7) is 8.72. The molecule has 3 N–H and O–H groups in total. The van der Waals surface area contributed by atoms with Crippen LogP contribution in [0.3, 0.4) is 0 Å². The van der Waals surface area contributed by atoms with Crippen molar-refractivity contribution in [3.05, 3.63) is 53.1 Å². The third kappa shape index (κ3) is 5.10. The van der Waals surface area contributed by atoms with Gasteiger partial charge >= 0.3 is 6.03 Å². The number of amides is 3. The summed E-state index contributed by atoms with van der Waals surface area (Å²) in [6, 6.07) is 10.9. The number of rotatable bonds is 6. The van der Waals surface area contributed by atoms with E-state index in [2.05, 4.69) is 26.3 Å². The van der Waals surface area contributed by atoms with Gasteiger partial charge < -0.3 is 16.0 Å². The van der Waals surface area contributed by atoms with Crippen molar-refractivity contribution in [3.63, 3.8) is 0 Å². The Balaban J connectivity index is 1.57. The molecule has 0 saturated heterocycles. The van der Waals surface area contributed by atoms with E-state index in [-0.39, 0.29) is 18.0 Å². The van der Waals surface area contributed by atoms with Crippen LogP contribution in [0.1, 0.15) is 35.3 Å². The number of hydrogen-bond donors (Lipinski definition) is 3. The predicted molar refractivity (Wildman–Crippen MR) is 113 cm³/mol. The molecule has 0 unspecified atom stereocenters. The van der Waals surface area contributed by atoms with Gasteiger partial charge in [-0.05, 0) is 69.2 Å². The summed E-state index contributed by atoms with van der Waals surface area (Å²) in [7, 11) is 0. The SMILES string of the molecule is Cc1ccc(NC(=O)NCCn2nnc3cc(C(=O)NC(C)C)ccc32)cc1C. The number of anilines is 1. The van der Waals surface area contributed by atoms with E-state index < -0.39 is 0 Å². The van der Waals surface area contributed by atoms with E-state index in [1.165, 1.54) is 5.56 Å². The van der Waals surface area contributed by atoms with Gasteiger partial charge in [-0.2, -0.15) is 0 Å². The van der Waals surface area contributed by atoms with Crippen LogP contribution in [0.4, 0.5) is 10.5 Å². The topological polar surface area (TPSA) is 101 Å². The molecule has 3 amide bonds. The fraction of sp³-hybridized carbons (Fsp3) is 0.333. The van der Waals surface area contributed by atoms with Gasteiger partial charge in [-0.1, -0.05) is 11.3 Å². The molecule has 1 aromatic heterocycles.